The van der Waals surface area contributed by atoms with Gasteiger partial charge in [0.15, 0.2) is 0 Å². The predicted molar refractivity (Wildman–Crippen MR) is 73.0 cm³/mol. The molecule has 0 saturated carbocycles. The molecule has 0 unspecified atom stereocenters. The molecule has 0 bridgehead atoms. The van der Waals surface area contributed by atoms with E-state index in [4.69, 9.17) is 0 Å². The molecule has 0 radical (unpaired) electrons. The standard InChI is InChI=1S/C12H22S2/c1-3-5-7-9-11-13-14-12-10-8-6-4-2/h3-4H,1-2,5-12H2. The van der Waals surface area contributed by atoms with Crippen LogP contribution in [0.15, 0.2) is 25.3 Å². The number of allylic oxidation sites excluding steroid dienone is 2. The summed E-state index contributed by atoms with van der Waals surface area (Å²) in [5, 5.41) is 0. The molecule has 0 aliphatic rings. The van der Waals surface area contributed by atoms with Crippen molar-refractivity contribution < 1.29 is 0 Å². The number of hydrogen-bond donors (Lipinski definition) is 0. The molecule has 0 heterocycles. The van der Waals surface area contributed by atoms with Gasteiger partial charge in [0.05, 0.1) is 0 Å². The van der Waals surface area contributed by atoms with Gasteiger partial charge in [-0.3, -0.25) is 0 Å². The molecule has 0 aliphatic heterocycles. The van der Waals surface area contributed by atoms with Gasteiger partial charge in [0.1, 0.15) is 0 Å². The molecule has 0 aromatic rings. The van der Waals surface area contributed by atoms with Crippen molar-refractivity contribution in [3.63, 3.8) is 0 Å². The highest BCUT2D eigenvalue weighted by Crippen LogP contribution is 2.24. The minimum absolute atomic E-state index is 1.17. The fraction of sp³-hybridized carbons (Fsp3) is 0.667. The Hall–Kier alpha value is 0.180. The Morgan fingerprint density at radius 1 is 0.714 bits per heavy atom. The summed E-state index contributed by atoms with van der Waals surface area (Å²) in [6.07, 6.45) is 11.6. The number of unbranched alkanes of at least 4 members (excludes halogenated alkanes) is 4. The fourth-order valence-electron chi connectivity index (χ4n) is 1.02. The zero-order valence-corrected chi connectivity index (χ0v) is 10.7. The maximum atomic E-state index is 3.72. The lowest BCUT2D eigenvalue weighted by Gasteiger charge is -1.99. The van der Waals surface area contributed by atoms with Gasteiger partial charge in [-0.1, -0.05) is 33.7 Å². The average Bonchev–Trinajstić information content (AvgIpc) is 2.21. The van der Waals surface area contributed by atoms with E-state index in [1.54, 1.807) is 0 Å². The molecule has 0 N–H and O–H groups in total. The summed E-state index contributed by atoms with van der Waals surface area (Å²) in [6.45, 7) is 7.43. The summed E-state index contributed by atoms with van der Waals surface area (Å²) >= 11 is 0. The minimum atomic E-state index is 1.17. The van der Waals surface area contributed by atoms with E-state index in [0.717, 1.165) is 0 Å². The Morgan fingerprint density at radius 3 is 1.50 bits per heavy atom. The normalized spacial score (nSPS) is 10.0. The van der Waals surface area contributed by atoms with Crippen LogP contribution in [0.1, 0.15) is 38.5 Å². The summed E-state index contributed by atoms with van der Waals surface area (Å²) in [5.41, 5.74) is 0. The molecule has 0 rings (SSSR count). The van der Waals surface area contributed by atoms with E-state index < -0.39 is 0 Å². The van der Waals surface area contributed by atoms with Crippen LogP contribution in [0.2, 0.25) is 0 Å². The second-order valence-electron chi connectivity index (χ2n) is 3.21. The van der Waals surface area contributed by atoms with Crippen molar-refractivity contribution in [1.29, 1.82) is 0 Å². The third-order valence-corrected chi connectivity index (χ3v) is 4.43. The Morgan fingerprint density at radius 2 is 1.14 bits per heavy atom. The summed E-state index contributed by atoms with van der Waals surface area (Å²) in [5.74, 6) is 2.58. The van der Waals surface area contributed by atoms with Gasteiger partial charge in [0.2, 0.25) is 0 Å². The van der Waals surface area contributed by atoms with Crippen molar-refractivity contribution >= 4 is 21.6 Å². The zero-order valence-electron chi connectivity index (χ0n) is 9.04. The predicted octanol–water partition coefficient (Wildman–Crippen LogP) is 5.08. The summed E-state index contributed by atoms with van der Waals surface area (Å²) in [7, 11) is 4.04. The first-order chi connectivity index (χ1) is 6.91. The van der Waals surface area contributed by atoms with Crippen LogP contribution in [0, 0.1) is 0 Å². The van der Waals surface area contributed by atoms with Gasteiger partial charge in [-0.15, -0.1) is 13.2 Å². The monoisotopic (exact) mass is 230 g/mol. The average molecular weight is 230 g/mol. The lowest BCUT2D eigenvalue weighted by molar-refractivity contribution is 0.823. The van der Waals surface area contributed by atoms with Crippen LogP contribution in [0.3, 0.4) is 0 Å². The van der Waals surface area contributed by atoms with Crippen LogP contribution >= 0.6 is 21.6 Å². The highest BCUT2D eigenvalue weighted by molar-refractivity contribution is 8.76. The molecule has 14 heavy (non-hydrogen) atoms. The van der Waals surface area contributed by atoms with Crippen LogP contribution in [0.5, 0.6) is 0 Å². The molecule has 0 aliphatic carbocycles. The molecule has 0 aromatic carbocycles. The number of rotatable bonds is 11. The summed E-state index contributed by atoms with van der Waals surface area (Å²) in [6, 6.07) is 0. The molecular formula is C12H22S2. The van der Waals surface area contributed by atoms with Crippen molar-refractivity contribution in [2.24, 2.45) is 0 Å². The van der Waals surface area contributed by atoms with Crippen LogP contribution in [-0.2, 0) is 0 Å². The van der Waals surface area contributed by atoms with Crippen LogP contribution < -0.4 is 0 Å². The molecular weight excluding hydrogens is 208 g/mol. The van der Waals surface area contributed by atoms with E-state index >= 15 is 0 Å². The summed E-state index contributed by atoms with van der Waals surface area (Å²) in [4.78, 5) is 0. The Balaban J connectivity index is 2.84. The van der Waals surface area contributed by atoms with Gasteiger partial charge in [-0.25, -0.2) is 0 Å². The van der Waals surface area contributed by atoms with E-state index in [-0.39, 0.29) is 0 Å². The second-order valence-corrected chi connectivity index (χ2v) is 5.91. The molecule has 0 amide bonds. The first kappa shape index (κ1) is 14.2. The molecule has 0 fully saturated rings. The van der Waals surface area contributed by atoms with Gasteiger partial charge in [0, 0.05) is 11.5 Å². The highest BCUT2D eigenvalue weighted by Gasteiger charge is 1.91. The van der Waals surface area contributed by atoms with E-state index in [1.165, 1.54) is 50.0 Å². The minimum Gasteiger partial charge on any atom is -0.103 e. The van der Waals surface area contributed by atoms with Crippen LogP contribution in [0.4, 0.5) is 0 Å². The Labute approximate surface area is 97.0 Å². The Kier molecular flexibility index (Phi) is 13.3. The third kappa shape index (κ3) is 12.2. The molecule has 0 spiro atoms. The highest BCUT2D eigenvalue weighted by atomic mass is 33.1. The van der Waals surface area contributed by atoms with Crippen LogP contribution in [0.25, 0.3) is 0 Å². The van der Waals surface area contributed by atoms with Gasteiger partial charge in [0.25, 0.3) is 0 Å². The SMILES string of the molecule is C=CCCCCSSCCCCC=C. The first-order valence-electron chi connectivity index (χ1n) is 5.38. The van der Waals surface area contributed by atoms with E-state index in [2.05, 4.69) is 13.2 Å². The molecule has 2 heteroatoms. The summed E-state index contributed by atoms with van der Waals surface area (Å²) < 4.78 is 0. The van der Waals surface area contributed by atoms with Crippen molar-refractivity contribution in [3.05, 3.63) is 25.3 Å². The zero-order chi connectivity index (χ0) is 10.5. The lowest BCUT2D eigenvalue weighted by atomic mass is 10.2. The van der Waals surface area contributed by atoms with Crippen molar-refractivity contribution in [2.45, 2.75) is 38.5 Å². The van der Waals surface area contributed by atoms with Gasteiger partial charge in [-0.2, -0.15) is 0 Å². The van der Waals surface area contributed by atoms with Gasteiger partial charge < -0.3 is 0 Å². The van der Waals surface area contributed by atoms with E-state index in [9.17, 15) is 0 Å². The first-order valence-corrected chi connectivity index (χ1v) is 7.87. The van der Waals surface area contributed by atoms with Crippen molar-refractivity contribution in [1.82, 2.24) is 0 Å². The maximum Gasteiger partial charge on any atom is 0.00370 e. The molecule has 0 saturated heterocycles. The molecule has 0 atom stereocenters. The molecule has 0 nitrogen and oxygen atoms in total. The Bertz CT molecular complexity index is 116. The quantitative estimate of drug-likeness (QED) is 0.276. The van der Waals surface area contributed by atoms with E-state index in [1.807, 2.05) is 33.7 Å². The maximum absolute atomic E-state index is 3.72. The van der Waals surface area contributed by atoms with Crippen molar-refractivity contribution in [2.75, 3.05) is 11.5 Å². The smallest absolute Gasteiger partial charge is 0.00370 e. The van der Waals surface area contributed by atoms with Gasteiger partial charge >= 0.3 is 0 Å². The van der Waals surface area contributed by atoms with Crippen molar-refractivity contribution in [3.8, 4) is 0 Å². The molecule has 0 aromatic heterocycles. The fourth-order valence-corrected chi connectivity index (χ4v) is 3.31. The lowest BCUT2D eigenvalue weighted by Crippen LogP contribution is -1.80. The molecule has 82 valence electrons. The van der Waals surface area contributed by atoms with E-state index in [0.29, 0.717) is 0 Å². The largest absolute Gasteiger partial charge is 0.103 e. The number of hydrogen-bond acceptors (Lipinski definition) is 2. The third-order valence-electron chi connectivity index (χ3n) is 1.86. The van der Waals surface area contributed by atoms with Gasteiger partial charge in [-0.05, 0) is 38.5 Å². The topological polar surface area (TPSA) is 0 Å². The van der Waals surface area contributed by atoms with Crippen LogP contribution in [-0.4, -0.2) is 11.5 Å². The second kappa shape index (κ2) is 13.2.